The number of nitrogens with zero attached hydrogens (tertiary/aromatic N) is 1. The highest BCUT2D eigenvalue weighted by Crippen LogP contribution is 2.29. The topological polar surface area (TPSA) is 15.3 Å². The number of rotatable bonds is 5. The first-order valence-corrected chi connectivity index (χ1v) is 8.59. The summed E-state index contributed by atoms with van der Waals surface area (Å²) in [4.78, 5) is 2.47. The molecule has 2 nitrogen and oxygen atoms in total. The highest BCUT2D eigenvalue weighted by Gasteiger charge is 2.23. The smallest absolute Gasteiger partial charge is 0.0471 e. The molecule has 0 bridgehead atoms. The zero-order chi connectivity index (χ0) is 15.4. The van der Waals surface area contributed by atoms with Crippen molar-refractivity contribution in [1.29, 1.82) is 0 Å². The van der Waals surface area contributed by atoms with Crippen LogP contribution in [0.3, 0.4) is 0 Å². The minimum absolute atomic E-state index is 0.667. The molecule has 1 saturated heterocycles. The van der Waals surface area contributed by atoms with Crippen molar-refractivity contribution in [2.24, 2.45) is 17.8 Å². The molecule has 1 heterocycles. The molecule has 3 heteroatoms. The molecule has 2 rings (SSSR count). The van der Waals surface area contributed by atoms with E-state index in [2.05, 4.69) is 56.1 Å². The van der Waals surface area contributed by atoms with Crippen molar-refractivity contribution in [3.63, 3.8) is 0 Å². The molecule has 1 fully saturated rings. The third kappa shape index (κ3) is 4.62. The van der Waals surface area contributed by atoms with Gasteiger partial charge in [-0.05, 0) is 48.4 Å². The number of hydrogen-bond donors (Lipinski definition) is 1. The lowest BCUT2D eigenvalue weighted by Crippen LogP contribution is -2.38. The summed E-state index contributed by atoms with van der Waals surface area (Å²) in [6.45, 7) is 13.3. The average Bonchev–Trinajstić information content (AvgIpc) is 2.43. The Morgan fingerprint density at radius 2 is 2.05 bits per heavy atom. The zero-order valence-corrected chi connectivity index (χ0v) is 14.6. The summed E-state index contributed by atoms with van der Waals surface area (Å²) in [5.41, 5.74) is 2.46. The van der Waals surface area contributed by atoms with Gasteiger partial charge in [-0.15, -0.1) is 0 Å². The molecule has 2 unspecified atom stereocenters. The summed E-state index contributed by atoms with van der Waals surface area (Å²) in [6.07, 6.45) is 1.27. The van der Waals surface area contributed by atoms with Gasteiger partial charge in [-0.25, -0.2) is 0 Å². The van der Waals surface area contributed by atoms with Crippen molar-refractivity contribution >= 4 is 17.3 Å². The SMILES string of the molecule is CC(C)CNCc1ccc(N2CCC(C)C(C)C2)cc1Cl. The lowest BCUT2D eigenvalue weighted by Gasteiger charge is -2.37. The highest BCUT2D eigenvalue weighted by atomic mass is 35.5. The maximum Gasteiger partial charge on any atom is 0.0471 e. The number of piperidine rings is 1. The van der Waals surface area contributed by atoms with Crippen molar-refractivity contribution in [2.75, 3.05) is 24.5 Å². The predicted molar refractivity (Wildman–Crippen MR) is 93.2 cm³/mol. The Labute approximate surface area is 134 Å². The lowest BCUT2D eigenvalue weighted by atomic mass is 9.88. The maximum absolute atomic E-state index is 6.46. The van der Waals surface area contributed by atoms with Crippen LogP contribution in [0.2, 0.25) is 5.02 Å². The van der Waals surface area contributed by atoms with Gasteiger partial charge in [0, 0.05) is 30.3 Å². The minimum Gasteiger partial charge on any atom is -0.371 e. The second-order valence-corrected chi connectivity index (χ2v) is 7.40. The van der Waals surface area contributed by atoms with Gasteiger partial charge >= 0.3 is 0 Å². The van der Waals surface area contributed by atoms with E-state index in [1.165, 1.54) is 17.7 Å². The maximum atomic E-state index is 6.46. The molecule has 0 amide bonds. The Bertz CT molecular complexity index is 459. The monoisotopic (exact) mass is 308 g/mol. The molecule has 1 aliphatic rings. The van der Waals surface area contributed by atoms with Gasteiger partial charge < -0.3 is 10.2 Å². The van der Waals surface area contributed by atoms with Gasteiger partial charge in [-0.3, -0.25) is 0 Å². The van der Waals surface area contributed by atoms with Gasteiger partial charge in [0.1, 0.15) is 0 Å². The van der Waals surface area contributed by atoms with Crippen molar-refractivity contribution in [3.8, 4) is 0 Å². The Hall–Kier alpha value is -0.730. The van der Waals surface area contributed by atoms with Crippen LogP contribution in [0, 0.1) is 17.8 Å². The molecular formula is C18H29ClN2. The first kappa shape index (κ1) is 16.6. The Morgan fingerprint density at radius 1 is 1.29 bits per heavy atom. The molecule has 0 radical (unpaired) electrons. The third-order valence-corrected chi connectivity index (χ3v) is 4.96. The van der Waals surface area contributed by atoms with Crippen LogP contribution in [-0.4, -0.2) is 19.6 Å². The Kier molecular flexibility index (Phi) is 5.95. The van der Waals surface area contributed by atoms with Crippen molar-refractivity contribution in [3.05, 3.63) is 28.8 Å². The quantitative estimate of drug-likeness (QED) is 0.857. The first-order valence-electron chi connectivity index (χ1n) is 8.21. The summed E-state index contributed by atoms with van der Waals surface area (Å²) in [6, 6.07) is 6.53. The highest BCUT2D eigenvalue weighted by molar-refractivity contribution is 6.31. The Morgan fingerprint density at radius 3 is 2.67 bits per heavy atom. The molecule has 0 spiro atoms. The van der Waals surface area contributed by atoms with Gasteiger partial charge in [-0.1, -0.05) is 45.4 Å². The molecular weight excluding hydrogens is 280 g/mol. The van der Waals surface area contributed by atoms with Crippen LogP contribution in [-0.2, 0) is 6.54 Å². The molecule has 21 heavy (non-hydrogen) atoms. The van der Waals surface area contributed by atoms with Crippen molar-refractivity contribution < 1.29 is 0 Å². The van der Waals surface area contributed by atoms with E-state index >= 15 is 0 Å². The molecule has 0 aromatic heterocycles. The second-order valence-electron chi connectivity index (χ2n) is 6.99. The summed E-state index contributed by atoms with van der Waals surface area (Å²) in [7, 11) is 0. The molecule has 1 N–H and O–H groups in total. The van der Waals surface area contributed by atoms with E-state index in [9.17, 15) is 0 Å². The van der Waals surface area contributed by atoms with Crippen LogP contribution in [0.25, 0.3) is 0 Å². The van der Waals surface area contributed by atoms with Crippen LogP contribution in [0.5, 0.6) is 0 Å². The van der Waals surface area contributed by atoms with Crippen LogP contribution in [0.15, 0.2) is 18.2 Å². The Balaban J connectivity index is 1.98. The van der Waals surface area contributed by atoms with E-state index in [0.717, 1.165) is 43.0 Å². The standard InChI is InChI=1S/C18H29ClN2/c1-13(2)10-20-11-16-5-6-17(9-18(16)19)21-8-7-14(3)15(4)12-21/h5-6,9,13-15,20H,7-8,10-12H2,1-4H3. The summed E-state index contributed by atoms with van der Waals surface area (Å²) in [5.74, 6) is 2.25. The van der Waals surface area contributed by atoms with Crippen molar-refractivity contribution in [1.82, 2.24) is 5.32 Å². The van der Waals surface area contributed by atoms with E-state index in [0.29, 0.717) is 5.92 Å². The van der Waals surface area contributed by atoms with Gasteiger partial charge in [0.2, 0.25) is 0 Å². The van der Waals surface area contributed by atoms with Crippen LogP contribution in [0.1, 0.15) is 39.7 Å². The normalized spacial score (nSPS) is 22.9. The van der Waals surface area contributed by atoms with Gasteiger partial charge in [-0.2, -0.15) is 0 Å². The molecule has 0 aliphatic carbocycles. The second kappa shape index (κ2) is 7.51. The predicted octanol–water partition coefficient (Wildman–Crippen LogP) is 4.57. The molecule has 2 atom stereocenters. The number of halogens is 1. The summed E-state index contributed by atoms with van der Waals surface area (Å²) < 4.78 is 0. The fraction of sp³-hybridized carbons (Fsp3) is 0.667. The average molecular weight is 309 g/mol. The van der Waals surface area contributed by atoms with Gasteiger partial charge in [0.05, 0.1) is 0 Å². The van der Waals surface area contributed by atoms with E-state index in [-0.39, 0.29) is 0 Å². The van der Waals surface area contributed by atoms with Crippen LogP contribution in [0.4, 0.5) is 5.69 Å². The third-order valence-electron chi connectivity index (χ3n) is 4.60. The largest absolute Gasteiger partial charge is 0.371 e. The van der Waals surface area contributed by atoms with E-state index in [4.69, 9.17) is 11.6 Å². The molecule has 118 valence electrons. The fourth-order valence-electron chi connectivity index (χ4n) is 2.87. The number of hydrogen-bond acceptors (Lipinski definition) is 2. The number of anilines is 1. The van der Waals surface area contributed by atoms with Crippen LogP contribution < -0.4 is 10.2 Å². The van der Waals surface area contributed by atoms with E-state index < -0.39 is 0 Å². The number of nitrogens with one attached hydrogen (secondary N) is 1. The van der Waals surface area contributed by atoms with Crippen molar-refractivity contribution in [2.45, 2.75) is 40.7 Å². The molecule has 1 aliphatic heterocycles. The van der Waals surface area contributed by atoms with E-state index in [1.54, 1.807) is 0 Å². The summed E-state index contributed by atoms with van der Waals surface area (Å²) >= 11 is 6.46. The van der Waals surface area contributed by atoms with Gasteiger partial charge in [0.25, 0.3) is 0 Å². The molecule has 0 saturated carbocycles. The molecule has 1 aromatic carbocycles. The van der Waals surface area contributed by atoms with Gasteiger partial charge in [0.15, 0.2) is 0 Å². The minimum atomic E-state index is 0.667. The number of benzene rings is 1. The summed E-state index contributed by atoms with van der Waals surface area (Å²) in [5, 5.41) is 4.34. The fourth-order valence-corrected chi connectivity index (χ4v) is 3.11. The first-order chi connectivity index (χ1) is 9.97. The van der Waals surface area contributed by atoms with Crippen LogP contribution >= 0.6 is 11.6 Å². The zero-order valence-electron chi connectivity index (χ0n) is 13.8. The molecule has 1 aromatic rings. The van der Waals surface area contributed by atoms with E-state index in [1.807, 2.05) is 0 Å². The lowest BCUT2D eigenvalue weighted by molar-refractivity contribution is 0.324.